The van der Waals surface area contributed by atoms with Gasteiger partial charge in [0.25, 0.3) is 5.91 Å². The molecule has 2 heterocycles. The van der Waals surface area contributed by atoms with Crippen molar-refractivity contribution in [1.29, 1.82) is 0 Å². The Balaban J connectivity index is 1.76. The third kappa shape index (κ3) is 3.80. The Kier molecular flexibility index (Phi) is 5.06. The van der Waals surface area contributed by atoms with Gasteiger partial charge in [-0.15, -0.1) is 0 Å². The number of benzene rings is 2. The van der Waals surface area contributed by atoms with Gasteiger partial charge in [0.2, 0.25) is 0 Å². The molecule has 27 heavy (non-hydrogen) atoms. The quantitative estimate of drug-likeness (QED) is 0.713. The lowest BCUT2D eigenvalue weighted by Gasteiger charge is -2.27. The van der Waals surface area contributed by atoms with Gasteiger partial charge in [0, 0.05) is 29.0 Å². The number of carbonyl (C=O) groups is 1. The zero-order valence-electron chi connectivity index (χ0n) is 14.7. The lowest BCUT2D eigenvalue weighted by molar-refractivity contribution is 0.0304. The maximum atomic E-state index is 13.2. The molecule has 0 unspecified atom stereocenters. The summed E-state index contributed by atoms with van der Waals surface area (Å²) in [6.45, 7) is 2.33. The molecule has 1 fully saturated rings. The molecule has 4 nitrogen and oxygen atoms in total. The fourth-order valence-corrected chi connectivity index (χ4v) is 3.40. The molecule has 1 amide bonds. The number of nitrogens with zero attached hydrogens (tertiary/aromatic N) is 1. The van der Waals surface area contributed by atoms with Gasteiger partial charge in [-0.3, -0.25) is 4.79 Å². The Labute approximate surface area is 164 Å². The Bertz CT molecular complexity index is 1000. The third-order valence-corrected chi connectivity index (χ3v) is 4.93. The van der Waals surface area contributed by atoms with Gasteiger partial charge in [-0.2, -0.15) is 0 Å². The fraction of sp³-hybridized carbons (Fsp3) is 0.190. The second-order valence-corrected chi connectivity index (χ2v) is 6.94. The summed E-state index contributed by atoms with van der Waals surface area (Å²) in [7, 11) is 5.92. The summed E-state index contributed by atoms with van der Waals surface area (Å²) < 4.78 is 5.37. The largest absolute Gasteiger partial charge is 0.378 e. The van der Waals surface area contributed by atoms with Crippen molar-refractivity contribution in [2.45, 2.75) is 0 Å². The van der Waals surface area contributed by atoms with Crippen LogP contribution in [0.2, 0.25) is 5.02 Å². The van der Waals surface area contributed by atoms with Gasteiger partial charge in [0.1, 0.15) is 7.85 Å². The van der Waals surface area contributed by atoms with Crippen LogP contribution < -0.4 is 5.46 Å². The van der Waals surface area contributed by atoms with E-state index >= 15 is 0 Å². The van der Waals surface area contributed by atoms with Gasteiger partial charge < -0.3 is 14.6 Å². The molecule has 2 radical (unpaired) electrons. The average Bonchev–Trinajstić information content (AvgIpc) is 3.05. The minimum absolute atomic E-state index is 0.00470. The van der Waals surface area contributed by atoms with Gasteiger partial charge in [-0.05, 0) is 29.8 Å². The SMILES string of the molecule is [B]c1ccc2c(C(=O)N3CCOCC3)c(/C=C/c3ccc(Cl)cc3)[nH]c2c1. The molecular formula is C21H18BClN2O2. The Morgan fingerprint density at radius 1 is 1.11 bits per heavy atom. The minimum atomic E-state index is 0.00470. The van der Waals surface area contributed by atoms with Crippen LogP contribution in [0.4, 0.5) is 0 Å². The number of fused-ring (bicyclic) bond motifs is 1. The first kappa shape index (κ1) is 17.9. The van der Waals surface area contributed by atoms with Crippen molar-refractivity contribution in [3.63, 3.8) is 0 Å². The van der Waals surface area contributed by atoms with E-state index in [4.69, 9.17) is 24.2 Å². The fourth-order valence-electron chi connectivity index (χ4n) is 3.27. The molecule has 4 rings (SSSR count). The number of hydrogen-bond donors (Lipinski definition) is 1. The maximum absolute atomic E-state index is 13.2. The summed E-state index contributed by atoms with van der Waals surface area (Å²) >= 11 is 5.95. The van der Waals surface area contributed by atoms with Crippen molar-refractivity contribution >= 4 is 53.9 Å². The van der Waals surface area contributed by atoms with E-state index in [9.17, 15) is 4.79 Å². The first-order valence-electron chi connectivity index (χ1n) is 8.84. The zero-order chi connectivity index (χ0) is 18.8. The van der Waals surface area contributed by atoms with Gasteiger partial charge in [0.15, 0.2) is 0 Å². The number of amides is 1. The normalized spacial score (nSPS) is 14.9. The summed E-state index contributed by atoms with van der Waals surface area (Å²) in [6.07, 6.45) is 3.88. The highest BCUT2D eigenvalue weighted by molar-refractivity contribution is 6.33. The van der Waals surface area contributed by atoms with Gasteiger partial charge in [-0.1, -0.05) is 47.4 Å². The number of aromatic amines is 1. The summed E-state index contributed by atoms with van der Waals surface area (Å²) in [6, 6.07) is 13.1. The molecular weight excluding hydrogens is 359 g/mol. The van der Waals surface area contributed by atoms with Crippen LogP contribution in [-0.4, -0.2) is 49.9 Å². The number of hydrogen-bond acceptors (Lipinski definition) is 2. The third-order valence-electron chi connectivity index (χ3n) is 4.68. The Morgan fingerprint density at radius 2 is 1.85 bits per heavy atom. The monoisotopic (exact) mass is 376 g/mol. The van der Waals surface area contributed by atoms with Crippen molar-refractivity contribution < 1.29 is 9.53 Å². The number of rotatable bonds is 3. The van der Waals surface area contributed by atoms with Crippen LogP contribution in [-0.2, 0) is 4.74 Å². The molecule has 134 valence electrons. The first-order valence-corrected chi connectivity index (χ1v) is 9.21. The average molecular weight is 377 g/mol. The van der Waals surface area contributed by atoms with Crippen LogP contribution in [0.25, 0.3) is 23.1 Å². The van der Waals surface area contributed by atoms with Crippen LogP contribution in [0.3, 0.4) is 0 Å². The van der Waals surface area contributed by atoms with Gasteiger partial charge >= 0.3 is 0 Å². The van der Waals surface area contributed by atoms with E-state index in [-0.39, 0.29) is 5.91 Å². The predicted octanol–water partition coefficient (Wildman–Crippen LogP) is 3.26. The minimum Gasteiger partial charge on any atom is -0.378 e. The van der Waals surface area contributed by atoms with E-state index in [0.717, 1.165) is 22.2 Å². The number of ether oxygens (including phenoxy) is 1. The predicted molar refractivity (Wildman–Crippen MR) is 111 cm³/mol. The van der Waals surface area contributed by atoms with Crippen LogP contribution >= 0.6 is 11.6 Å². The van der Waals surface area contributed by atoms with E-state index in [1.807, 2.05) is 59.5 Å². The highest BCUT2D eigenvalue weighted by Crippen LogP contribution is 2.25. The molecule has 1 aliphatic rings. The molecule has 1 aromatic heterocycles. The second kappa shape index (κ2) is 7.63. The van der Waals surface area contributed by atoms with Crippen LogP contribution in [0.15, 0.2) is 42.5 Å². The van der Waals surface area contributed by atoms with Crippen LogP contribution in [0.1, 0.15) is 21.6 Å². The number of H-pyrrole nitrogens is 1. The molecule has 2 aromatic carbocycles. The number of morpholine rings is 1. The van der Waals surface area contributed by atoms with E-state index in [2.05, 4.69) is 4.98 Å². The highest BCUT2D eigenvalue weighted by Gasteiger charge is 2.24. The van der Waals surface area contributed by atoms with Gasteiger partial charge in [-0.25, -0.2) is 0 Å². The summed E-state index contributed by atoms with van der Waals surface area (Å²) in [5, 5.41) is 1.56. The molecule has 0 aliphatic carbocycles. The topological polar surface area (TPSA) is 45.3 Å². The number of nitrogens with one attached hydrogen (secondary N) is 1. The highest BCUT2D eigenvalue weighted by atomic mass is 35.5. The molecule has 3 aromatic rings. The lowest BCUT2D eigenvalue weighted by atomic mass is 9.94. The van der Waals surface area contributed by atoms with E-state index in [1.165, 1.54) is 0 Å². The van der Waals surface area contributed by atoms with Crippen molar-refractivity contribution in [2.24, 2.45) is 0 Å². The molecule has 0 atom stereocenters. The summed E-state index contributed by atoms with van der Waals surface area (Å²) in [5.74, 6) is 0.00470. The summed E-state index contributed by atoms with van der Waals surface area (Å²) in [4.78, 5) is 18.4. The lowest BCUT2D eigenvalue weighted by Crippen LogP contribution is -2.40. The smallest absolute Gasteiger partial charge is 0.256 e. The first-order chi connectivity index (χ1) is 13.1. The van der Waals surface area contributed by atoms with E-state index in [1.54, 1.807) is 0 Å². The van der Waals surface area contributed by atoms with Crippen LogP contribution in [0.5, 0.6) is 0 Å². The Hall–Kier alpha value is -2.50. The molecule has 0 spiro atoms. The standard InChI is InChI=1S/C21H18BClN2O2/c22-15-4-7-17-19(13-15)24-18(8-3-14-1-5-16(23)6-2-14)20(17)21(26)25-9-11-27-12-10-25/h1-8,13,24H,9-12H2/b8-3+. The molecule has 1 aliphatic heterocycles. The maximum Gasteiger partial charge on any atom is 0.256 e. The number of carbonyl (C=O) groups excluding carboxylic acids is 1. The molecule has 0 saturated carbocycles. The molecule has 0 bridgehead atoms. The van der Waals surface area contributed by atoms with Crippen LogP contribution in [0, 0.1) is 0 Å². The van der Waals surface area contributed by atoms with E-state index < -0.39 is 0 Å². The van der Waals surface area contributed by atoms with E-state index in [0.29, 0.717) is 42.4 Å². The van der Waals surface area contributed by atoms with Crippen molar-refractivity contribution in [3.8, 4) is 0 Å². The molecule has 1 N–H and O–H groups in total. The van der Waals surface area contributed by atoms with Gasteiger partial charge in [0.05, 0.1) is 24.5 Å². The summed E-state index contributed by atoms with van der Waals surface area (Å²) in [5.41, 5.74) is 3.94. The molecule has 1 saturated heterocycles. The zero-order valence-corrected chi connectivity index (χ0v) is 15.5. The number of aromatic nitrogens is 1. The van der Waals surface area contributed by atoms with Crippen molar-refractivity contribution in [2.75, 3.05) is 26.3 Å². The second-order valence-electron chi connectivity index (χ2n) is 6.51. The Morgan fingerprint density at radius 3 is 2.59 bits per heavy atom. The molecule has 6 heteroatoms. The van der Waals surface area contributed by atoms with Crippen molar-refractivity contribution in [3.05, 3.63) is 64.3 Å². The number of halogens is 1. The van der Waals surface area contributed by atoms with Crippen molar-refractivity contribution in [1.82, 2.24) is 9.88 Å².